The van der Waals surface area contributed by atoms with Crippen molar-refractivity contribution in [2.75, 3.05) is 0 Å². The van der Waals surface area contributed by atoms with Crippen LogP contribution in [0.1, 0.15) is 24.2 Å². The van der Waals surface area contributed by atoms with Crippen LogP contribution < -0.4 is 0 Å². The van der Waals surface area contributed by atoms with Crippen LogP contribution in [0.25, 0.3) is 28.1 Å². The first-order valence-electron chi connectivity index (χ1n) is 8.73. The zero-order valence-electron chi connectivity index (χ0n) is 15.2. The van der Waals surface area contributed by atoms with Crippen molar-refractivity contribution in [1.29, 1.82) is 0 Å². The Labute approximate surface area is 169 Å². The van der Waals surface area contributed by atoms with Crippen LogP contribution in [0.5, 0.6) is 0 Å². The van der Waals surface area contributed by atoms with Crippen LogP contribution in [0.15, 0.2) is 60.9 Å². The largest absolute Gasteiger partial charge is 0.417 e. The molecule has 29 heavy (non-hydrogen) atoms. The molecule has 0 spiro atoms. The Kier molecular flexibility index (Phi) is 4.80. The first-order chi connectivity index (χ1) is 13.8. The average Bonchev–Trinajstić information content (AvgIpc) is 3.05. The minimum Gasteiger partial charge on any atom is -0.389 e. The molecule has 4 nitrogen and oxygen atoms in total. The quantitative estimate of drug-likeness (QED) is 0.457. The van der Waals surface area contributed by atoms with Crippen LogP contribution in [0.4, 0.5) is 13.2 Å². The van der Waals surface area contributed by atoms with Crippen LogP contribution >= 0.6 is 11.6 Å². The second-order valence-corrected chi connectivity index (χ2v) is 7.01. The molecule has 1 N–H and O–H groups in total. The fraction of sp³-hybridized carbons (Fsp3) is 0.143. The lowest BCUT2D eigenvalue weighted by Gasteiger charge is -2.12. The van der Waals surface area contributed by atoms with Gasteiger partial charge >= 0.3 is 6.18 Å². The number of rotatable bonds is 3. The summed E-state index contributed by atoms with van der Waals surface area (Å²) in [6.07, 6.45) is -2.02. The van der Waals surface area contributed by atoms with Gasteiger partial charge in [-0.05, 0) is 48.9 Å². The van der Waals surface area contributed by atoms with Crippen molar-refractivity contribution >= 4 is 22.6 Å². The van der Waals surface area contributed by atoms with Crippen molar-refractivity contribution in [1.82, 2.24) is 14.5 Å². The summed E-state index contributed by atoms with van der Waals surface area (Å²) >= 11 is 5.96. The summed E-state index contributed by atoms with van der Waals surface area (Å²) in [6.45, 7) is 1.65. The topological polar surface area (TPSA) is 50.9 Å². The highest BCUT2D eigenvalue weighted by Gasteiger charge is 2.34. The minimum atomic E-state index is -4.58. The molecule has 1 atom stereocenters. The number of aliphatic hydroxyl groups excluding tert-OH is 1. The van der Waals surface area contributed by atoms with Crippen molar-refractivity contribution in [3.63, 3.8) is 0 Å². The molecule has 0 aliphatic rings. The van der Waals surface area contributed by atoms with Crippen molar-refractivity contribution < 1.29 is 18.3 Å². The Balaban J connectivity index is 2.01. The number of alkyl halides is 3. The molecular formula is C21H15ClF3N3O. The Morgan fingerprint density at radius 2 is 1.83 bits per heavy atom. The Morgan fingerprint density at radius 1 is 1.10 bits per heavy atom. The molecule has 4 rings (SSSR count). The molecule has 2 aromatic carbocycles. The second-order valence-electron chi connectivity index (χ2n) is 6.60. The maximum Gasteiger partial charge on any atom is 0.417 e. The molecule has 0 amide bonds. The number of halogens is 4. The maximum atomic E-state index is 13.3. The average molecular weight is 418 g/mol. The van der Waals surface area contributed by atoms with Crippen molar-refractivity contribution in [3.05, 3.63) is 77.1 Å². The van der Waals surface area contributed by atoms with E-state index in [0.717, 1.165) is 11.6 Å². The van der Waals surface area contributed by atoms with Gasteiger partial charge in [0.05, 0.1) is 27.7 Å². The molecule has 0 aliphatic heterocycles. The highest BCUT2D eigenvalue weighted by molar-refractivity contribution is 6.32. The standard InChI is InChI=1S/C21H15ClF3N3O/c1-12(29)13-4-6-15(7-5-13)28-19-10-17(22)16(21(23,24)25)9-18(19)27-20(28)14-3-2-8-26-11-14/h2-12,29H,1H3. The van der Waals surface area contributed by atoms with Gasteiger partial charge in [0.15, 0.2) is 0 Å². The lowest BCUT2D eigenvalue weighted by Crippen LogP contribution is -2.06. The monoisotopic (exact) mass is 417 g/mol. The summed E-state index contributed by atoms with van der Waals surface area (Å²) in [4.78, 5) is 8.53. The normalized spacial score (nSPS) is 13.0. The van der Waals surface area contributed by atoms with Crippen LogP contribution in [-0.2, 0) is 6.18 Å². The zero-order valence-corrected chi connectivity index (χ0v) is 15.9. The third kappa shape index (κ3) is 3.59. The van der Waals surface area contributed by atoms with E-state index in [9.17, 15) is 18.3 Å². The molecule has 1 unspecified atom stereocenters. The van der Waals surface area contributed by atoms with E-state index in [0.29, 0.717) is 22.6 Å². The van der Waals surface area contributed by atoms with Gasteiger partial charge in [0, 0.05) is 23.6 Å². The summed E-state index contributed by atoms with van der Waals surface area (Å²) in [5.74, 6) is 0.438. The van der Waals surface area contributed by atoms with E-state index < -0.39 is 22.9 Å². The van der Waals surface area contributed by atoms with Crippen LogP contribution in [-0.4, -0.2) is 19.6 Å². The smallest absolute Gasteiger partial charge is 0.389 e. The molecule has 8 heteroatoms. The van der Waals surface area contributed by atoms with Gasteiger partial charge in [-0.25, -0.2) is 4.98 Å². The fourth-order valence-electron chi connectivity index (χ4n) is 3.17. The summed E-state index contributed by atoms with van der Waals surface area (Å²) in [7, 11) is 0. The number of pyridine rings is 1. The van der Waals surface area contributed by atoms with Gasteiger partial charge in [0.2, 0.25) is 0 Å². The first-order valence-corrected chi connectivity index (χ1v) is 9.11. The number of nitrogens with zero attached hydrogens (tertiary/aromatic N) is 3. The van der Waals surface area contributed by atoms with E-state index >= 15 is 0 Å². The van der Waals surface area contributed by atoms with Gasteiger partial charge in [-0.15, -0.1) is 0 Å². The molecule has 0 fully saturated rings. The second kappa shape index (κ2) is 7.17. The van der Waals surface area contributed by atoms with Crippen molar-refractivity contribution in [2.24, 2.45) is 0 Å². The van der Waals surface area contributed by atoms with E-state index in [2.05, 4.69) is 9.97 Å². The van der Waals surface area contributed by atoms with Gasteiger partial charge in [-0.3, -0.25) is 9.55 Å². The van der Waals surface area contributed by atoms with E-state index in [-0.39, 0.29) is 5.52 Å². The van der Waals surface area contributed by atoms with Crippen molar-refractivity contribution in [3.8, 4) is 17.1 Å². The number of aromatic nitrogens is 3. The number of benzene rings is 2. The van der Waals surface area contributed by atoms with Crippen molar-refractivity contribution in [2.45, 2.75) is 19.2 Å². The van der Waals surface area contributed by atoms with Gasteiger partial charge in [0.25, 0.3) is 0 Å². The number of imidazole rings is 1. The van der Waals surface area contributed by atoms with E-state index in [1.165, 1.54) is 6.07 Å². The molecular weight excluding hydrogens is 403 g/mol. The van der Waals surface area contributed by atoms with Gasteiger partial charge in [-0.2, -0.15) is 13.2 Å². The van der Waals surface area contributed by atoms with E-state index in [1.807, 2.05) is 0 Å². The van der Waals surface area contributed by atoms with Gasteiger partial charge < -0.3 is 5.11 Å². The lowest BCUT2D eigenvalue weighted by atomic mass is 10.1. The first kappa shape index (κ1) is 19.4. The Morgan fingerprint density at radius 3 is 2.41 bits per heavy atom. The summed E-state index contributed by atoms with van der Waals surface area (Å²) in [6, 6.07) is 12.8. The van der Waals surface area contributed by atoms with E-state index in [4.69, 9.17) is 11.6 Å². The van der Waals surface area contributed by atoms with Crippen LogP contribution in [0.2, 0.25) is 5.02 Å². The lowest BCUT2D eigenvalue weighted by molar-refractivity contribution is -0.137. The fourth-order valence-corrected chi connectivity index (χ4v) is 3.43. The predicted octanol–water partition coefficient (Wildman–Crippen LogP) is 5.81. The Hall–Kier alpha value is -2.90. The molecule has 2 aromatic heterocycles. The third-order valence-corrected chi connectivity index (χ3v) is 4.91. The molecule has 148 valence electrons. The van der Waals surface area contributed by atoms with Crippen LogP contribution in [0.3, 0.4) is 0 Å². The SMILES string of the molecule is CC(O)c1ccc(-n2c(-c3cccnc3)nc3cc(C(F)(F)F)c(Cl)cc32)cc1. The molecule has 0 bridgehead atoms. The van der Waals surface area contributed by atoms with E-state index in [1.54, 1.807) is 60.3 Å². The number of fused-ring (bicyclic) bond motifs is 1. The summed E-state index contributed by atoms with van der Waals surface area (Å²) in [5, 5.41) is 9.34. The number of aliphatic hydroxyl groups is 1. The molecule has 0 saturated heterocycles. The summed E-state index contributed by atoms with van der Waals surface area (Å²) < 4.78 is 41.6. The number of hydrogen-bond donors (Lipinski definition) is 1. The Bertz CT molecular complexity index is 1170. The van der Waals surface area contributed by atoms with Gasteiger partial charge in [0.1, 0.15) is 5.82 Å². The molecule has 0 radical (unpaired) electrons. The highest BCUT2D eigenvalue weighted by atomic mass is 35.5. The van der Waals surface area contributed by atoms with Gasteiger partial charge in [-0.1, -0.05) is 23.7 Å². The maximum absolute atomic E-state index is 13.3. The van der Waals surface area contributed by atoms with Crippen LogP contribution in [0, 0.1) is 0 Å². The minimum absolute atomic E-state index is 0.167. The summed E-state index contributed by atoms with van der Waals surface area (Å²) in [5.41, 5.74) is 1.71. The predicted molar refractivity (Wildman–Crippen MR) is 105 cm³/mol. The molecule has 2 heterocycles. The zero-order chi connectivity index (χ0) is 20.8. The third-order valence-electron chi connectivity index (χ3n) is 4.60. The highest BCUT2D eigenvalue weighted by Crippen LogP contribution is 2.39. The molecule has 4 aromatic rings. The molecule has 0 saturated carbocycles. The number of hydrogen-bond acceptors (Lipinski definition) is 3. The molecule has 0 aliphatic carbocycles.